The normalized spacial score (nSPS) is 13.8. The Balaban J connectivity index is 1.23. The molecule has 3 aromatic heterocycles. The van der Waals surface area contributed by atoms with E-state index in [4.69, 9.17) is 0 Å². The maximum absolute atomic E-state index is 12.8. The third-order valence-corrected chi connectivity index (χ3v) is 6.67. The highest BCUT2D eigenvalue weighted by molar-refractivity contribution is 9.10. The molecule has 0 aliphatic heterocycles. The number of aromatic nitrogens is 5. The molecular weight excluding hydrogens is 519 g/mol. The molecule has 170 valence electrons. The molecule has 12 heteroatoms. The number of nitrogens with zero attached hydrogens (tertiary/aromatic N) is 4. The fourth-order valence-corrected chi connectivity index (χ4v) is 4.30. The first-order valence-electron chi connectivity index (χ1n) is 10.1. The van der Waals surface area contributed by atoms with Gasteiger partial charge in [0.05, 0.1) is 16.6 Å². The van der Waals surface area contributed by atoms with E-state index in [0.29, 0.717) is 45.1 Å². The second-order valence-corrected chi connectivity index (χ2v) is 9.53. The van der Waals surface area contributed by atoms with E-state index < -0.39 is 11.7 Å². The van der Waals surface area contributed by atoms with Gasteiger partial charge in [0.1, 0.15) is 5.01 Å². The first-order chi connectivity index (χ1) is 15.8. The van der Waals surface area contributed by atoms with Crippen molar-refractivity contribution < 1.29 is 13.2 Å². The van der Waals surface area contributed by atoms with Crippen LogP contribution in [-0.4, -0.2) is 25.1 Å². The fraction of sp³-hybridized carbons (Fsp3) is 0.238. The van der Waals surface area contributed by atoms with E-state index in [0.717, 1.165) is 22.7 Å². The van der Waals surface area contributed by atoms with Gasteiger partial charge >= 0.3 is 6.18 Å². The highest BCUT2D eigenvalue weighted by atomic mass is 79.9. The van der Waals surface area contributed by atoms with Crippen molar-refractivity contribution in [1.82, 2.24) is 25.1 Å². The molecule has 1 saturated carbocycles. The van der Waals surface area contributed by atoms with Crippen molar-refractivity contribution in [3.63, 3.8) is 0 Å². The number of rotatable bonds is 7. The molecule has 1 aliphatic carbocycles. The van der Waals surface area contributed by atoms with E-state index in [1.54, 1.807) is 12.4 Å². The third kappa shape index (κ3) is 5.17. The highest BCUT2D eigenvalue weighted by Gasteiger charge is 2.30. The summed E-state index contributed by atoms with van der Waals surface area (Å²) in [6.07, 6.45) is 1.35. The Labute approximate surface area is 199 Å². The number of hydrogen-bond donors (Lipinski definition) is 3. The highest BCUT2D eigenvalue weighted by Crippen LogP contribution is 2.40. The van der Waals surface area contributed by atoms with Crippen LogP contribution in [0.25, 0.3) is 10.6 Å². The van der Waals surface area contributed by atoms with Crippen LogP contribution >= 0.6 is 27.3 Å². The molecule has 33 heavy (non-hydrogen) atoms. The van der Waals surface area contributed by atoms with E-state index in [1.165, 1.54) is 36.3 Å². The van der Waals surface area contributed by atoms with Crippen LogP contribution in [0.1, 0.15) is 34.9 Å². The lowest BCUT2D eigenvalue weighted by Gasteiger charge is -2.08. The monoisotopic (exact) mass is 535 g/mol. The molecule has 3 heterocycles. The molecule has 5 rings (SSSR count). The summed E-state index contributed by atoms with van der Waals surface area (Å²) in [7, 11) is 0. The third-order valence-electron chi connectivity index (χ3n) is 5.04. The molecule has 1 aromatic carbocycles. The summed E-state index contributed by atoms with van der Waals surface area (Å²) in [6.45, 7) is 0.424. The summed E-state index contributed by atoms with van der Waals surface area (Å²) in [5.74, 6) is 2.26. The SMILES string of the molecule is FC(F)(F)c1ccc(-c2ncc(CNc3ncc(Br)c(Nc4cc(C5CC5)[nH]n4)n3)s2)cc1. The minimum atomic E-state index is -4.36. The average molecular weight is 536 g/mol. The molecule has 0 spiro atoms. The molecule has 1 fully saturated rings. The van der Waals surface area contributed by atoms with E-state index in [9.17, 15) is 13.2 Å². The van der Waals surface area contributed by atoms with Gasteiger partial charge in [0, 0.05) is 40.5 Å². The quantitative estimate of drug-likeness (QED) is 0.256. The van der Waals surface area contributed by atoms with Gasteiger partial charge in [0.2, 0.25) is 5.95 Å². The molecular formula is C21H17BrF3N7S. The number of thiazole rings is 1. The van der Waals surface area contributed by atoms with E-state index in [1.807, 2.05) is 6.07 Å². The maximum atomic E-state index is 12.8. The molecule has 1 aliphatic rings. The zero-order valence-corrected chi connectivity index (χ0v) is 19.4. The Bertz CT molecular complexity index is 1270. The van der Waals surface area contributed by atoms with Gasteiger partial charge in [-0.1, -0.05) is 12.1 Å². The summed E-state index contributed by atoms with van der Waals surface area (Å²) in [5, 5.41) is 14.3. The molecule has 0 unspecified atom stereocenters. The van der Waals surface area contributed by atoms with Gasteiger partial charge in [-0.05, 0) is 40.9 Å². The summed E-state index contributed by atoms with van der Waals surface area (Å²) in [5.41, 5.74) is 1.07. The van der Waals surface area contributed by atoms with Crippen LogP contribution in [0.15, 0.2) is 47.2 Å². The standard InChI is InChI=1S/C21H17BrF3N7S/c22-15-10-28-20(30-18(15)29-17-7-16(31-32-17)11-1-2-11)27-9-14-8-26-19(33-14)12-3-5-13(6-4-12)21(23,24)25/h3-8,10-11H,1-2,9H2,(H3,27,28,29,30,31,32). The van der Waals surface area contributed by atoms with Gasteiger partial charge in [0.15, 0.2) is 11.6 Å². The molecule has 7 nitrogen and oxygen atoms in total. The number of benzene rings is 1. The van der Waals surface area contributed by atoms with Crippen molar-refractivity contribution in [2.75, 3.05) is 10.6 Å². The Morgan fingerprint density at radius 1 is 1.12 bits per heavy atom. The average Bonchev–Trinajstić information content (AvgIpc) is 3.35. The fourth-order valence-electron chi connectivity index (χ4n) is 3.16. The van der Waals surface area contributed by atoms with Crippen LogP contribution in [0.3, 0.4) is 0 Å². The van der Waals surface area contributed by atoms with Crippen molar-refractivity contribution in [1.29, 1.82) is 0 Å². The van der Waals surface area contributed by atoms with Crippen molar-refractivity contribution >= 4 is 44.9 Å². The number of alkyl halides is 3. The van der Waals surface area contributed by atoms with Crippen molar-refractivity contribution in [3.05, 3.63) is 63.3 Å². The summed E-state index contributed by atoms with van der Waals surface area (Å²) in [4.78, 5) is 14.0. The van der Waals surface area contributed by atoms with Crippen LogP contribution in [-0.2, 0) is 12.7 Å². The minimum Gasteiger partial charge on any atom is -0.349 e. The van der Waals surface area contributed by atoms with Crippen molar-refractivity contribution in [2.45, 2.75) is 31.5 Å². The minimum absolute atomic E-state index is 0.420. The van der Waals surface area contributed by atoms with Gasteiger partial charge in [0.25, 0.3) is 0 Å². The Morgan fingerprint density at radius 2 is 1.91 bits per heavy atom. The zero-order chi connectivity index (χ0) is 23.0. The number of halogens is 4. The predicted octanol–water partition coefficient (Wildman–Crippen LogP) is 6.34. The largest absolute Gasteiger partial charge is 0.416 e. The first-order valence-corrected chi connectivity index (χ1v) is 11.7. The Kier molecular flexibility index (Phi) is 5.79. The summed E-state index contributed by atoms with van der Waals surface area (Å²) < 4.78 is 39.0. The lowest BCUT2D eigenvalue weighted by molar-refractivity contribution is -0.137. The number of anilines is 3. The Hall–Kier alpha value is -2.99. The van der Waals surface area contributed by atoms with Gasteiger partial charge in [-0.2, -0.15) is 23.3 Å². The van der Waals surface area contributed by atoms with Crippen molar-refractivity contribution in [3.8, 4) is 10.6 Å². The lowest BCUT2D eigenvalue weighted by atomic mass is 10.1. The number of aromatic amines is 1. The second-order valence-electron chi connectivity index (χ2n) is 7.56. The molecule has 0 radical (unpaired) electrons. The number of H-pyrrole nitrogens is 1. The van der Waals surface area contributed by atoms with Crippen LogP contribution < -0.4 is 10.6 Å². The molecule has 4 aromatic rings. The predicted molar refractivity (Wildman–Crippen MR) is 123 cm³/mol. The van der Waals surface area contributed by atoms with Crippen molar-refractivity contribution in [2.24, 2.45) is 0 Å². The van der Waals surface area contributed by atoms with Gasteiger partial charge in [-0.3, -0.25) is 5.10 Å². The number of hydrogen-bond acceptors (Lipinski definition) is 7. The van der Waals surface area contributed by atoms with Crippen LogP contribution in [0, 0.1) is 0 Å². The smallest absolute Gasteiger partial charge is 0.349 e. The molecule has 0 amide bonds. The first kappa shape index (κ1) is 21.8. The van der Waals surface area contributed by atoms with Crippen LogP contribution in [0.2, 0.25) is 0 Å². The molecule has 3 N–H and O–H groups in total. The van der Waals surface area contributed by atoms with Gasteiger partial charge in [-0.25, -0.2) is 9.97 Å². The van der Waals surface area contributed by atoms with Gasteiger partial charge in [-0.15, -0.1) is 11.3 Å². The second kappa shape index (κ2) is 8.75. The maximum Gasteiger partial charge on any atom is 0.416 e. The molecule has 0 atom stereocenters. The van der Waals surface area contributed by atoms with E-state index in [2.05, 4.69) is 51.7 Å². The topological polar surface area (TPSA) is 91.4 Å². The molecule has 0 bridgehead atoms. The van der Waals surface area contributed by atoms with Crippen LogP contribution in [0.4, 0.5) is 30.8 Å². The number of nitrogens with one attached hydrogen (secondary N) is 3. The summed E-state index contributed by atoms with van der Waals surface area (Å²) >= 11 is 4.84. The van der Waals surface area contributed by atoms with E-state index in [-0.39, 0.29) is 0 Å². The lowest BCUT2D eigenvalue weighted by Crippen LogP contribution is -2.05. The van der Waals surface area contributed by atoms with E-state index >= 15 is 0 Å². The van der Waals surface area contributed by atoms with Gasteiger partial charge < -0.3 is 10.6 Å². The molecule has 0 saturated heterocycles. The zero-order valence-electron chi connectivity index (χ0n) is 16.9. The van der Waals surface area contributed by atoms with Crippen LogP contribution in [0.5, 0.6) is 0 Å². The summed E-state index contributed by atoms with van der Waals surface area (Å²) in [6, 6.07) is 6.97. The Morgan fingerprint density at radius 3 is 2.64 bits per heavy atom.